The van der Waals surface area contributed by atoms with Crippen LogP contribution in [0.5, 0.6) is 0 Å². The van der Waals surface area contributed by atoms with Crippen LogP contribution >= 0.6 is 11.6 Å². The van der Waals surface area contributed by atoms with Crippen molar-refractivity contribution in [3.05, 3.63) is 95.1 Å². The van der Waals surface area contributed by atoms with Gasteiger partial charge in [0.1, 0.15) is 12.6 Å². The molecule has 1 amide bonds. The van der Waals surface area contributed by atoms with Gasteiger partial charge in [0.15, 0.2) is 0 Å². The van der Waals surface area contributed by atoms with Crippen LogP contribution in [-0.2, 0) is 16.0 Å². The fraction of sp³-hybridized carbons (Fsp3) is 0.231. The third kappa shape index (κ3) is 4.63. The van der Waals surface area contributed by atoms with Gasteiger partial charge >= 0.3 is 12.1 Å². The van der Waals surface area contributed by atoms with Gasteiger partial charge in [0, 0.05) is 12.3 Å². The predicted octanol–water partition coefficient (Wildman–Crippen LogP) is 5.52. The zero-order valence-electron chi connectivity index (χ0n) is 17.6. The first-order valence-corrected chi connectivity index (χ1v) is 10.9. The summed E-state index contributed by atoms with van der Waals surface area (Å²) in [5, 5.41) is 11.9. The van der Waals surface area contributed by atoms with Gasteiger partial charge in [0.05, 0.1) is 5.38 Å². The Morgan fingerprint density at radius 1 is 0.969 bits per heavy atom. The molecule has 0 saturated carbocycles. The summed E-state index contributed by atoms with van der Waals surface area (Å²) in [6, 6.07) is 22.4. The Kier molecular flexibility index (Phi) is 6.47. The monoisotopic (exact) mass is 449 g/mol. The number of aliphatic carboxylic acids is 1. The van der Waals surface area contributed by atoms with E-state index in [9.17, 15) is 14.7 Å². The van der Waals surface area contributed by atoms with Gasteiger partial charge in [-0.3, -0.25) is 0 Å². The largest absolute Gasteiger partial charge is 0.480 e. The van der Waals surface area contributed by atoms with Crippen molar-refractivity contribution in [2.45, 2.75) is 30.7 Å². The quantitative estimate of drug-likeness (QED) is 0.465. The lowest BCUT2D eigenvalue weighted by Crippen LogP contribution is -2.42. The summed E-state index contributed by atoms with van der Waals surface area (Å²) in [5.41, 5.74) is 6.21. The first kappa shape index (κ1) is 21.9. The number of nitrogens with one attached hydrogen (secondary N) is 1. The van der Waals surface area contributed by atoms with Crippen LogP contribution in [0.15, 0.2) is 72.8 Å². The maximum Gasteiger partial charge on any atom is 0.407 e. The van der Waals surface area contributed by atoms with Crippen molar-refractivity contribution in [2.24, 2.45) is 0 Å². The Hall–Kier alpha value is -3.31. The SMILES string of the molecule is CC(Cl)c1ccc(CC(NC(=O)OCC2c3ccccc3-c3ccccc32)C(=O)O)cc1. The Morgan fingerprint density at radius 3 is 2.06 bits per heavy atom. The molecule has 0 heterocycles. The molecule has 0 fully saturated rings. The molecule has 6 heteroatoms. The van der Waals surface area contributed by atoms with Gasteiger partial charge in [0.25, 0.3) is 0 Å². The molecular weight excluding hydrogens is 426 g/mol. The molecule has 0 spiro atoms. The lowest BCUT2D eigenvalue weighted by atomic mass is 9.98. The van der Waals surface area contributed by atoms with E-state index in [1.165, 1.54) is 0 Å². The Bertz CT molecular complexity index is 1080. The van der Waals surface area contributed by atoms with Gasteiger partial charge in [-0.25, -0.2) is 9.59 Å². The van der Waals surface area contributed by atoms with E-state index in [4.69, 9.17) is 16.3 Å². The minimum absolute atomic E-state index is 0.0819. The van der Waals surface area contributed by atoms with Crippen LogP contribution in [0, 0.1) is 0 Å². The number of carboxylic acid groups (broad SMARTS) is 1. The molecule has 0 aliphatic heterocycles. The van der Waals surface area contributed by atoms with Crippen LogP contribution < -0.4 is 5.32 Å². The normalized spacial score (nSPS) is 14.2. The summed E-state index contributed by atoms with van der Waals surface area (Å²) in [7, 11) is 0. The van der Waals surface area contributed by atoms with E-state index in [-0.39, 0.29) is 24.3 Å². The number of hydrogen-bond donors (Lipinski definition) is 2. The van der Waals surface area contributed by atoms with Crippen LogP contribution in [-0.4, -0.2) is 29.8 Å². The summed E-state index contributed by atoms with van der Waals surface area (Å²) in [6.07, 6.45) is -0.596. The highest BCUT2D eigenvalue weighted by molar-refractivity contribution is 6.20. The topological polar surface area (TPSA) is 75.6 Å². The third-order valence-electron chi connectivity index (χ3n) is 5.81. The number of carboxylic acids is 1. The zero-order chi connectivity index (χ0) is 22.7. The van der Waals surface area contributed by atoms with Gasteiger partial charge in [-0.15, -0.1) is 11.6 Å². The van der Waals surface area contributed by atoms with Crippen LogP contribution in [0.2, 0.25) is 0 Å². The minimum atomic E-state index is -1.12. The number of carbonyl (C=O) groups excluding carboxylic acids is 1. The second kappa shape index (κ2) is 9.45. The van der Waals surface area contributed by atoms with Crippen LogP contribution in [0.25, 0.3) is 11.1 Å². The lowest BCUT2D eigenvalue weighted by molar-refractivity contribution is -0.139. The third-order valence-corrected chi connectivity index (χ3v) is 6.06. The predicted molar refractivity (Wildman–Crippen MR) is 124 cm³/mol. The van der Waals surface area contributed by atoms with Crippen molar-refractivity contribution >= 4 is 23.7 Å². The Balaban J connectivity index is 1.41. The summed E-state index contributed by atoms with van der Waals surface area (Å²) in [4.78, 5) is 24.2. The first-order valence-electron chi connectivity index (χ1n) is 10.5. The molecule has 0 radical (unpaired) electrons. The summed E-state index contributed by atoms with van der Waals surface area (Å²) in [5.74, 6) is -1.20. The van der Waals surface area contributed by atoms with Crippen molar-refractivity contribution < 1.29 is 19.4 Å². The summed E-state index contributed by atoms with van der Waals surface area (Å²) in [6.45, 7) is 2.00. The highest BCUT2D eigenvalue weighted by atomic mass is 35.5. The fourth-order valence-corrected chi connectivity index (χ4v) is 4.28. The van der Waals surface area contributed by atoms with Crippen LogP contribution in [0.3, 0.4) is 0 Å². The van der Waals surface area contributed by atoms with Crippen molar-refractivity contribution in [3.8, 4) is 11.1 Å². The molecule has 0 saturated heterocycles. The molecular formula is C26H24ClNO4. The summed E-state index contributed by atoms with van der Waals surface area (Å²) >= 11 is 6.06. The van der Waals surface area contributed by atoms with E-state index in [1.54, 1.807) is 0 Å². The van der Waals surface area contributed by atoms with Gasteiger partial charge < -0.3 is 15.2 Å². The fourth-order valence-electron chi connectivity index (χ4n) is 4.14. The second-order valence-corrected chi connectivity index (χ2v) is 8.58. The number of benzene rings is 3. The molecule has 164 valence electrons. The number of alkyl halides is 1. The van der Waals surface area contributed by atoms with E-state index in [1.807, 2.05) is 67.6 Å². The molecule has 0 bridgehead atoms. The van der Waals surface area contributed by atoms with Crippen LogP contribution in [0.1, 0.15) is 40.5 Å². The van der Waals surface area contributed by atoms with E-state index < -0.39 is 18.1 Å². The van der Waals surface area contributed by atoms with Gasteiger partial charge in [0.2, 0.25) is 0 Å². The van der Waals surface area contributed by atoms with E-state index in [0.717, 1.165) is 33.4 Å². The van der Waals surface area contributed by atoms with Gasteiger partial charge in [-0.2, -0.15) is 0 Å². The molecule has 2 atom stereocenters. The number of hydrogen-bond acceptors (Lipinski definition) is 3. The maximum atomic E-state index is 12.5. The molecule has 2 N–H and O–H groups in total. The average Bonchev–Trinajstić information content (AvgIpc) is 3.11. The van der Waals surface area contributed by atoms with Crippen molar-refractivity contribution in [1.29, 1.82) is 0 Å². The first-order chi connectivity index (χ1) is 15.4. The summed E-state index contributed by atoms with van der Waals surface area (Å²) < 4.78 is 5.48. The number of rotatable bonds is 7. The Morgan fingerprint density at radius 2 is 1.53 bits per heavy atom. The molecule has 3 aromatic rings. The molecule has 3 aromatic carbocycles. The van der Waals surface area contributed by atoms with Crippen molar-refractivity contribution in [2.75, 3.05) is 6.61 Å². The molecule has 2 unspecified atom stereocenters. The molecule has 5 nitrogen and oxygen atoms in total. The molecule has 32 heavy (non-hydrogen) atoms. The minimum Gasteiger partial charge on any atom is -0.480 e. The number of fused-ring (bicyclic) bond motifs is 3. The number of halogens is 1. The average molecular weight is 450 g/mol. The molecule has 4 rings (SSSR count). The second-order valence-electron chi connectivity index (χ2n) is 7.92. The van der Waals surface area contributed by atoms with E-state index >= 15 is 0 Å². The highest BCUT2D eigenvalue weighted by Crippen LogP contribution is 2.44. The van der Waals surface area contributed by atoms with Gasteiger partial charge in [-0.05, 0) is 40.3 Å². The lowest BCUT2D eigenvalue weighted by Gasteiger charge is -2.18. The number of alkyl carbamates (subject to hydrolysis) is 1. The number of carbonyl (C=O) groups is 2. The Labute approximate surface area is 192 Å². The smallest absolute Gasteiger partial charge is 0.407 e. The van der Waals surface area contributed by atoms with Crippen molar-refractivity contribution in [1.82, 2.24) is 5.32 Å². The standard InChI is InChI=1S/C26H24ClNO4/c1-16(27)18-12-10-17(11-13-18)14-24(25(29)30)28-26(31)32-15-23-21-8-4-2-6-19(21)20-7-3-5-9-22(20)23/h2-13,16,23-24H,14-15H2,1H3,(H,28,31)(H,29,30). The zero-order valence-corrected chi connectivity index (χ0v) is 18.4. The van der Waals surface area contributed by atoms with E-state index in [2.05, 4.69) is 17.4 Å². The van der Waals surface area contributed by atoms with Crippen LogP contribution in [0.4, 0.5) is 4.79 Å². The van der Waals surface area contributed by atoms with E-state index in [0.29, 0.717) is 0 Å². The number of amides is 1. The van der Waals surface area contributed by atoms with Crippen molar-refractivity contribution in [3.63, 3.8) is 0 Å². The van der Waals surface area contributed by atoms with Gasteiger partial charge in [-0.1, -0.05) is 72.8 Å². The maximum absolute atomic E-state index is 12.5. The number of ether oxygens (including phenoxy) is 1. The molecule has 0 aromatic heterocycles. The highest BCUT2D eigenvalue weighted by Gasteiger charge is 2.29. The molecule has 1 aliphatic carbocycles. The molecule has 1 aliphatic rings.